The average Bonchev–Trinajstić information content (AvgIpc) is 2.73. The Morgan fingerprint density at radius 2 is 1.62 bits per heavy atom. The monoisotopic (exact) mass is 220 g/mol. The molecule has 0 spiro atoms. The van der Waals surface area contributed by atoms with Gasteiger partial charge >= 0.3 is 0 Å². The lowest BCUT2D eigenvalue weighted by atomic mass is 10.1. The van der Waals surface area contributed by atoms with Crippen molar-refractivity contribution < 1.29 is 4.42 Å². The van der Waals surface area contributed by atoms with E-state index in [9.17, 15) is 0 Å². The number of fused-ring (bicyclic) bond motifs is 1. The summed E-state index contributed by atoms with van der Waals surface area (Å²) in [5.74, 6) is 0.984. The molecule has 1 nitrogen and oxygen atoms in total. The van der Waals surface area contributed by atoms with Crippen molar-refractivity contribution in [3.8, 4) is 0 Å². The van der Waals surface area contributed by atoms with Gasteiger partial charge in [0.2, 0.25) is 0 Å². The molecule has 0 radical (unpaired) electrons. The molecule has 0 bridgehead atoms. The zero-order valence-corrected chi connectivity index (χ0v) is 11.4. The zero-order chi connectivity index (χ0) is 12.6. The smallest absolute Gasteiger partial charge is 0.134 e. The number of benzene rings is 1. The largest absolute Gasteiger partial charge is 0.461 e. The highest BCUT2D eigenvalue weighted by Crippen LogP contribution is 2.20. The van der Waals surface area contributed by atoms with Crippen LogP contribution in [-0.2, 0) is 6.42 Å². The van der Waals surface area contributed by atoms with Crippen LogP contribution in [0.2, 0.25) is 0 Å². The molecule has 1 aromatic heterocycles. The molecule has 90 valence electrons. The van der Waals surface area contributed by atoms with Crippen LogP contribution >= 0.6 is 0 Å². The van der Waals surface area contributed by atoms with Crippen molar-refractivity contribution in [1.82, 2.24) is 0 Å². The van der Waals surface area contributed by atoms with E-state index in [1.807, 2.05) is 34.6 Å². The number of aryl methyl sites for hydroxylation is 2. The minimum atomic E-state index is 0.984. The van der Waals surface area contributed by atoms with Crippen molar-refractivity contribution >= 4 is 11.0 Å². The third kappa shape index (κ3) is 3.73. The summed E-state index contributed by atoms with van der Waals surface area (Å²) >= 11 is 0. The highest BCUT2D eigenvalue weighted by molar-refractivity contribution is 5.78. The molecule has 0 aliphatic rings. The summed E-state index contributed by atoms with van der Waals surface area (Å²) in [6, 6.07) is 8.44. The van der Waals surface area contributed by atoms with Crippen LogP contribution in [0.4, 0.5) is 0 Å². The molecule has 0 saturated heterocycles. The van der Waals surface area contributed by atoms with E-state index in [0.717, 1.165) is 17.8 Å². The molecular formula is C15H24O. The first kappa shape index (κ1) is 14.8. The summed E-state index contributed by atoms with van der Waals surface area (Å²) in [5, 5.41) is 1.20. The second-order valence-corrected chi connectivity index (χ2v) is 3.08. The van der Waals surface area contributed by atoms with Gasteiger partial charge in [0.25, 0.3) is 0 Å². The van der Waals surface area contributed by atoms with E-state index in [-0.39, 0.29) is 0 Å². The normalized spacial score (nSPS) is 8.88. The quantitative estimate of drug-likeness (QED) is 0.631. The summed E-state index contributed by atoms with van der Waals surface area (Å²) in [5.41, 5.74) is 2.34. The van der Waals surface area contributed by atoms with Crippen LogP contribution in [0.25, 0.3) is 11.0 Å². The fourth-order valence-electron chi connectivity index (χ4n) is 1.43. The topological polar surface area (TPSA) is 13.1 Å². The molecule has 2 aromatic rings. The third-order valence-electron chi connectivity index (χ3n) is 2.12. The summed E-state index contributed by atoms with van der Waals surface area (Å²) in [4.78, 5) is 0. The van der Waals surface area contributed by atoms with Crippen LogP contribution in [0.15, 0.2) is 28.7 Å². The van der Waals surface area contributed by atoms with Crippen LogP contribution < -0.4 is 0 Å². The molecule has 2 rings (SSSR count). The maximum atomic E-state index is 5.51. The molecule has 0 fully saturated rings. The van der Waals surface area contributed by atoms with Crippen LogP contribution in [0.1, 0.15) is 45.9 Å². The second-order valence-electron chi connectivity index (χ2n) is 3.08. The molecule has 0 unspecified atom stereocenters. The minimum Gasteiger partial charge on any atom is -0.461 e. The molecule has 0 amide bonds. The Balaban J connectivity index is 0.000000509. The summed E-state index contributed by atoms with van der Waals surface area (Å²) in [7, 11) is 0. The van der Waals surface area contributed by atoms with Crippen molar-refractivity contribution in [2.45, 2.75) is 48.0 Å². The number of rotatable bonds is 1. The van der Waals surface area contributed by atoms with Crippen molar-refractivity contribution in [3.05, 3.63) is 35.6 Å². The fraction of sp³-hybridized carbons (Fsp3) is 0.467. The van der Waals surface area contributed by atoms with Crippen LogP contribution in [0.5, 0.6) is 0 Å². The minimum absolute atomic E-state index is 0.984. The highest BCUT2D eigenvalue weighted by Gasteiger charge is 1.99. The van der Waals surface area contributed by atoms with Crippen LogP contribution in [-0.4, -0.2) is 0 Å². The van der Waals surface area contributed by atoms with Gasteiger partial charge in [-0.3, -0.25) is 0 Å². The van der Waals surface area contributed by atoms with Gasteiger partial charge in [0, 0.05) is 5.39 Å². The van der Waals surface area contributed by atoms with Crippen molar-refractivity contribution in [2.75, 3.05) is 0 Å². The SMILES string of the molecule is CC.CC.CCc1ccc2cc(C)oc2c1. The van der Waals surface area contributed by atoms with Gasteiger partial charge in [-0.05, 0) is 31.0 Å². The van der Waals surface area contributed by atoms with E-state index < -0.39 is 0 Å². The molecule has 1 heteroatoms. The van der Waals surface area contributed by atoms with Crippen molar-refractivity contribution in [3.63, 3.8) is 0 Å². The lowest BCUT2D eigenvalue weighted by Gasteiger charge is -1.93. The first-order valence-electron chi connectivity index (χ1n) is 6.28. The Kier molecular flexibility index (Phi) is 7.36. The Hall–Kier alpha value is -1.24. The predicted octanol–water partition coefficient (Wildman–Crippen LogP) is 5.36. The van der Waals surface area contributed by atoms with Gasteiger partial charge in [0.05, 0.1) is 0 Å². The van der Waals surface area contributed by atoms with E-state index in [1.165, 1.54) is 10.9 Å². The van der Waals surface area contributed by atoms with E-state index in [2.05, 4.69) is 31.2 Å². The average molecular weight is 220 g/mol. The Labute approximate surface area is 99.5 Å². The van der Waals surface area contributed by atoms with Gasteiger partial charge in [-0.2, -0.15) is 0 Å². The van der Waals surface area contributed by atoms with Gasteiger partial charge in [-0.15, -0.1) is 0 Å². The Bertz CT molecular complexity index is 399. The molecule has 0 N–H and O–H groups in total. The van der Waals surface area contributed by atoms with E-state index >= 15 is 0 Å². The van der Waals surface area contributed by atoms with E-state index in [0.29, 0.717) is 0 Å². The molecule has 16 heavy (non-hydrogen) atoms. The number of hydrogen-bond acceptors (Lipinski definition) is 1. The maximum Gasteiger partial charge on any atom is 0.134 e. The van der Waals surface area contributed by atoms with Gasteiger partial charge in [0.1, 0.15) is 11.3 Å². The van der Waals surface area contributed by atoms with Gasteiger partial charge < -0.3 is 4.42 Å². The predicted molar refractivity (Wildman–Crippen MR) is 73.0 cm³/mol. The summed E-state index contributed by atoms with van der Waals surface area (Å²) in [6.45, 7) is 12.1. The Morgan fingerprint density at radius 3 is 2.19 bits per heavy atom. The summed E-state index contributed by atoms with van der Waals surface area (Å²) in [6.07, 6.45) is 1.07. The second kappa shape index (κ2) is 7.98. The number of furan rings is 1. The molecule has 0 atom stereocenters. The molecule has 1 aromatic carbocycles. The lowest BCUT2D eigenvalue weighted by molar-refractivity contribution is 0.578. The van der Waals surface area contributed by atoms with Gasteiger partial charge in [-0.25, -0.2) is 0 Å². The van der Waals surface area contributed by atoms with Crippen LogP contribution in [0, 0.1) is 6.92 Å². The molecule has 0 aliphatic heterocycles. The molecule has 0 saturated carbocycles. The fourth-order valence-corrected chi connectivity index (χ4v) is 1.43. The molecule has 1 heterocycles. The van der Waals surface area contributed by atoms with Gasteiger partial charge in [0.15, 0.2) is 0 Å². The number of hydrogen-bond donors (Lipinski definition) is 0. The highest BCUT2D eigenvalue weighted by atomic mass is 16.3. The first-order valence-corrected chi connectivity index (χ1v) is 6.28. The first-order chi connectivity index (χ1) is 7.79. The van der Waals surface area contributed by atoms with Crippen molar-refractivity contribution in [1.29, 1.82) is 0 Å². The zero-order valence-electron chi connectivity index (χ0n) is 11.4. The third-order valence-corrected chi connectivity index (χ3v) is 2.12. The van der Waals surface area contributed by atoms with E-state index in [1.54, 1.807) is 0 Å². The molecule has 0 aliphatic carbocycles. The Morgan fingerprint density at radius 1 is 1.00 bits per heavy atom. The maximum absolute atomic E-state index is 5.51. The van der Waals surface area contributed by atoms with Gasteiger partial charge in [-0.1, -0.05) is 46.8 Å². The lowest BCUT2D eigenvalue weighted by Crippen LogP contribution is -1.76. The standard InChI is InChI=1S/C11H12O.2C2H6/c1-3-9-4-5-10-6-8(2)12-11(10)7-9;2*1-2/h4-7H,3H2,1-2H3;2*1-2H3. The van der Waals surface area contributed by atoms with Crippen LogP contribution in [0.3, 0.4) is 0 Å². The van der Waals surface area contributed by atoms with E-state index in [4.69, 9.17) is 4.42 Å². The van der Waals surface area contributed by atoms with Crippen molar-refractivity contribution in [2.24, 2.45) is 0 Å². The summed E-state index contributed by atoms with van der Waals surface area (Å²) < 4.78 is 5.51. The molecular weight excluding hydrogens is 196 g/mol.